The zero-order chi connectivity index (χ0) is 20.6. The lowest BCUT2D eigenvalue weighted by molar-refractivity contribution is 0.727. The van der Waals surface area contributed by atoms with Gasteiger partial charge in [0, 0.05) is 55.6 Å². The SMILES string of the molecule is CN(C)c1ccc(/C=C/c2ccc(NCC(C)(C)S)c(CNCCS)c2)cc1. The number of hydrogen-bond donors (Lipinski definition) is 4. The zero-order valence-electron chi connectivity index (χ0n) is 17.4. The minimum Gasteiger partial charge on any atom is -0.383 e. The van der Waals surface area contributed by atoms with Crippen molar-refractivity contribution >= 4 is 48.8 Å². The van der Waals surface area contributed by atoms with Gasteiger partial charge in [0.1, 0.15) is 0 Å². The summed E-state index contributed by atoms with van der Waals surface area (Å²) in [6.45, 7) is 6.73. The van der Waals surface area contributed by atoms with Crippen molar-refractivity contribution in [2.45, 2.75) is 25.1 Å². The summed E-state index contributed by atoms with van der Waals surface area (Å²) in [5.41, 5.74) is 6.00. The van der Waals surface area contributed by atoms with Crippen molar-refractivity contribution in [1.82, 2.24) is 5.32 Å². The fourth-order valence-electron chi connectivity index (χ4n) is 2.73. The van der Waals surface area contributed by atoms with Gasteiger partial charge in [0.2, 0.25) is 0 Å². The third kappa shape index (κ3) is 7.82. The quantitative estimate of drug-likeness (QED) is 0.248. The number of nitrogens with zero attached hydrogens (tertiary/aromatic N) is 1. The van der Waals surface area contributed by atoms with Crippen LogP contribution in [0.1, 0.15) is 30.5 Å². The lowest BCUT2D eigenvalue weighted by Gasteiger charge is -2.21. The van der Waals surface area contributed by atoms with Crippen molar-refractivity contribution in [3.05, 3.63) is 59.2 Å². The number of rotatable bonds is 10. The van der Waals surface area contributed by atoms with Crippen molar-refractivity contribution in [1.29, 1.82) is 0 Å². The highest BCUT2D eigenvalue weighted by Gasteiger charge is 2.12. The summed E-state index contributed by atoms with van der Waals surface area (Å²) in [5.74, 6) is 0.828. The van der Waals surface area contributed by atoms with E-state index in [1.165, 1.54) is 22.4 Å². The second-order valence-electron chi connectivity index (χ2n) is 7.80. The number of nitrogens with one attached hydrogen (secondary N) is 2. The van der Waals surface area contributed by atoms with E-state index in [4.69, 9.17) is 0 Å². The van der Waals surface area contributed by atoms with Crippen LogP contribution in [0.15, 0.2) is 42.5 Å². The molecular weight excluding hydrogens is 382 g/mol. The fourth-order valence-corrected chi connectivity index (χ4v) is 2.96. The van der Waals surface area contributed by atoms with Crippen LogP contribution < -0.4 is 15.5 Å². The zero-order valence-corrected chi connectivity index (χ0v) is 19.2. The number of hydrogen-bond acceptors (Lipinski definition) is 5. The van der Waals surface area contributed by atoms with Crippen LogP contribution in [-0.4, -0.2) is 37.7 Å². The Kier molecular flexibility index (Phi) is 8.80. The molecule has 0 fully saturated rings. The first-order valence-electron chi connectivity index (χ1n) is 9.65. The molecule has 0 spiro atoms. The molecule has 0 amide bonds. The van der Waals surface area contributed by atoms with Gasteiger partial charge in [-0.15, -0.1) is 0 Å². The van der Waals surface area contributed by atoms with Crippen molar-refractivity contribution < 1.29 is 0 Å². The van der Waals surface area contributed by atoms with Crippen molar-refractivity contribution in [3.8, 4) is 0 Å². The summed E-state index contributed by atoms with van der Waals surface area (Å²) in [6.07, 6.45) is 4.32. The average molecular weight is 416 g/mol. The predicted octanol–water partition coefficient (Wildman–Crippen LogP) is 5.06. The minimum atomic E-state index is -0.0624. The Hall–Kier alpha value is -1.56. The van der Waals surface area contributed by atoms with Crippen LogP contribution in [0.4, 0.5) is 11.4 Å². The molecule has 28 heavy (non-hydrogen) atoms. The summed E-state index contributed by atoms with van der Waals surface area (Å²) in [4.78, 5) is 2.11. The second-order valence-corrected chi connectivity index (χ2v) is 9.46. The molecule has 0 saturated carbocycles. The second kappa shape index (κ2) is 10.8. The first-order chi connectivity index (χ1) is 13.3. The lowest BCUT2D eigenvalue weighted by atomic mass is 10.1. The molecule has 0 radical (unpaired) electrons. The standard InChI is InChI=1S/C23H33N3S2/c1-23(2,28)17-25-22-12-9-19(15-20(22)16-24-13-14-27)6-5-18-7-10-21(11-8-18)26(3)4/h5-12,15,24-25,27-28H,13-14,16-17H2,1-4H3/b6-5+. The van der Waals surface area contributed by atoms with E-state index in [1.54, 1.807) is 0 Å². The topological polar surface area (TPSA) is 27.3 Å². The number of thiol groups is 2. The van der Waals surface area contributed by atoms with Crippen LogP contribution in [0, 0.1) is 0 Å². The Morgan fingerprint density at radius 2 is 1.64 bits per heavy atom. The highest BCUT2D eigenvalue weighted by atomic mass is 32.1. The third-order valence-electron chi connectivity index (χ3n) is 4.32. The molecule has 0 heterocycles. The maximum atomic E-state index is 4.62. The van der Waals surface area contributed by atoms with E-state index in [0.29, 0.717) is 0 Å². The molecule has 2 rings (SSSR count). The van der Waals surface area contributed by atoms with E-state index in [-0.39, 0.29) is 4.75 Å². The van der Waals surface area contributed by atoms with Gasteiger partial charge in [-0.25, -0.2) is 0 Å². The van der Waals surface area contributed by atoms with Crippen molar-refractivity contribution in [2.24, 2.45) is 0 Å². The van der Waals surface area contributed by atoms with Gasteiger partial charge >= 0.3 is 0 Å². The lowest BCUT2D eigenvalue weighted by Crippen LogP contribution is -2.24. The molecule has 0 aliphatic carbocycles. The molecule has 0 atom stereocenters. The minimum absolute atomic E-state index is 0.0624. The normalized spacial score (nSPS) is 11.8. The molecule has 0 aromatic heterocycles. The van der Waals surface area contributed by atoms with Gasteiger partial charge in [0.05, 0.1) is 0 Å². The molecule has 0 unspecified atom stereocenters. The summed E-state index contributed by atoms with van der Waals surface area (Å²) < 4.78 is -0.0624. The monoisotopic (exact) mass is 415 g/mol. The van der Waals surface area contributed by atoms with E-state index in [1.807, 2.05) is 0 Å². The Labute approximate surface area is 181 Å². The molecule has 0 aliphatic heterocycles. The highest BCUT2D eigenvalue weighted by Crippen LogP contribution is 2.22. The van der Waals surface area contributed by atoms with Crippen LogP contribution in [0.3, 0.4) is 0 Å². The maximum Gasteiger partial charge on any atom is 0.0386 e. The first kappa shape index (κ1) is 22.7. The van der Waals surface area contributed by atoms with Crippen LogP contribution in [0.2, 0.25) is 0 Å². The van der Waals surface area contributed by atoms with E-state index >= 15 is 0 Å². The Balaban J connectivity index is 2.15. The summed E-state index contributed by atoms with van der Waals surface area (Å²) in [7, 11) is 4.11. The van der Waals surface area contributed by atoms with Crippen molar-refractivity contribution in [3.63, 3.8) is 0 Å². The molecule has 0 saturated heterocycles. The van der Waals surface area contributed by atoms with E-state index in [2.05, 4.69) is 123 Å². The number of anilines is 2. The summed E-state index contributed by atoms with van der Waals surface area (Å²) >= 11 is 8.90. The maximum absolute atomic E-state index is 4.62. The Morgan fingerprint density at radius 1 is 1.00 bits per heavy atom. The highest BCUT2D eigenvalue weighted by molar-refractivity contribution is 7.81. The van der Waals surface area contributed by atoms with E-state index in [9.17, 15) is 0 Å². The van der Waals surface area contributed by atoms with Gasteiger partial charge in [-0.3, -0.25) is 0 Å². The number of benzene rings is 2. The summed E-state index contributed by atoms with van der Waals surface area (Å²) in [6, 6.07) is 15.1. The molecule has 0 bridgehead atoms. The molecule has 0 aliphatic rings. The fraction of sp³-hybridized carbons (Fsp3) is 0.391. The van der Waals surface area contributed by atoms with Crippen LogP contribution in [0.25, 0.3) is 12.2 Å². The largest absolute Gasteiger partial charge is 0.383 e. The van der Waals surface area contributed by atoms with E-state index < -0.39 is 0 Å². The molecule has 2 aromatic rings. The van der Waals surface area contributed by atoms with Gasteiger partial charge in [-0.05, 0) is 54.8 Å². The first-order valence-corrected chi connectivity index (χ1v) is 10.7. The molecular formula is C23H33N3S2. The van der Waals surface area contributed by atoms with Gasteiger partial charge in [-0.1, -0.05) is 30.4 Å². The average Bonchev–Trinajstić information content (AvgIpc) is 2.65. The molecule has 2 N–H and O–H groups in total. The molecule has 2 aromatic carbocycles. The van der Waals surface area contributed by atoms with Gasteiger partial charge in [-0.2, -0.15) is 25.3 Å². The van der Waals surface area contributed by atoms with Gasteiger partial charge in [0.15, 0.2) is 0 Å². The van der Waals surface area contributed by atoms with E-state index in [0.717, 1.165) is 31.1 Å². The summed E-state index contributed by atoms with van der Waals surface area (Å²) in [5, 5.41) is 6.98. The van der Waals surface area contributed by atoms with Crippen molar-refractivity contribution in [2.75, 3.05) is 43.2 Å². The molecule has 5 heteroatoms. The third-order valence-corrected chi connectivity index (χ3v) is 4.70. The Morgan fingerprint density at radius 3 is 2.25 bits per heavy atom. The van der Waals surface area contributed by atoms with Crippen LogP contribution in [-0.2, 0) is 6.54 Å². The van der Waals surface area contributed by atoms with Gasteiger partial charge < -0.3 is 15.5 Å². The molecule has 152 valence electrons. The van der Waals surface area contributed by atoms with Gasteiger partial charge in [0.25, 0.3) is 0 Å². The van der Waals surface area contributed by atoms with Crippen LogP contribution in [0.5, 0.6) is 0 Å². The predicted molar refractivity (Wildman–Crippen MR) is 133 cm³/mol. The smallest absolute Gasteiger partial charge is 0.0386 e. The Bertz CT molecular complexity index is 762. The molecule has 3 nitrogen and oxygen atoms in total. The van der Waals surface area contributed by atoms with Crippen LogP contribution >= 0.6 is 25.3 Å².